The van der Waals surface area contributed by atoms with Gasteiger partial charge in [0.2, 0.25) is 34.8 Å². The first-order chi connectivity index (χ1) is 22.9. The third-order valence-corrected chi connectivity index (χ3v) is 5.42. The fraction of sp³-hybridized carbons (Fsp3) is 0.759. The monoisotopic (exact) mass is 696 g/mol. The first-order valence-electron chi connectivity index (χ1n) is 15.0. The predicted octanol–water partition coefficient (Wildman–Crippen LogP) is 1.84. The Bertz CT molecular complexity index is 904. The minimum Gasteiger partial charge on any atom is -0.420 e. The molecular weight excluding hydrogens is 651 g/mol. The smallest absolute Gasteiger partial charge is 0.313 e. The predicted molar refractivity (Wildman–Crippen MR) is 152 cm³/mol. The summed E-state index contributed by atoms with van der Waals surface area (Å²) in [6.45, 7) is 6.96. The lowest BCUT2D eigenvalue weighted by Gasteiger charge is -2.09. The molecular formula is C29H45F5O13. The molecule has 47 heavy (non-hydrogen) atoms. The number of esters is 1. The number of aliphatic hydroxyl groups is 1. The summed E-state index contributed by atoms with van der Waals surface area (Å²) in [5, 5.41) is 8.56. The van der Waals surface area contributed by atoms with Crippen molar-refractivity contribution in [1.82, 2.24) is 0 Å². The van der Waals surface area contributed by atoms with Crippen LogP contribution in [0.5, 0.6) is 5.75 Å². The van der Waals surface area contributed by atoms with Crippen molar-refractivity contribution >= 4 is 5.97 Å². The largest absolute Gasteiger partial charge is 0.420 e. The molecule has 0 saturated heterocycles. The average molecular weight is 697 g/mol. The van der Waals surface area contributed by atoms with Crippen LogP contribution in [-0.2, 0) is 52.2 Å². The van der Waals surface area contributed by atoms with Crippen LogP contribution in [0.15, 0.2) is 0 Å². The molecule has 0 radical (unpaired) electrons. The molecule has 0 aliphatic rings. The van der Waals surface area contributed by atoms with E-state index in [1.54, 1.807) is 0 Å². The third-order valence-electron chi connectivity index (χ3n) is 5.42. The highest BCUT2D eigenvalue weighted by molar-refractivity contribution is 5.72. The van der Waals surface area contributed by atoms with E-state index >= 15 is 0 Å². The molecule has 1 rings (SSSR count). The van der Waals surface area contributed by atoms with Crippen LogP contribution in [0.2, 0.25) is 0 Å². The molecule has 1 N–H and O–H groups in total. The third kappa shape index (κ3) is 22.2. The van der Waals surface area contributed by atoms with Crippen molar-refractivity contribution in [3.05, 3.63) is 29.1 Å². The van der Waals surface area contributed by atoms with Crippen LogP contribution >= 0.6 is 0 Å². The summed E-state index contributed by atoms with van der Waals surface area (Å²) in [6.07, 6.45) is -0.488. The van der Waals surface area contributed by atoms with Crippen molar-refractivity contribution in [2.75, 3.05) is 139 Å². The van der Waals surface area contributed by atoms with Gasteiger partial charge in [0.15, 0.2) is 0 Å². The summed E-state index contributed by atoms with van der Waals surface area (Å²) in [7, 11) is 0. The molecule has 13 nitrogen and oxygen atoms in total. The summed E-state index contributed by atoms with van der Waals surface area (Å²) in [5.74, 6) is -14.1. The molecule has 0 saturated carbocycles. The Morgan fingerprint density at radius 3 is 0.894 bits per heavy atom. The molecule has 0 spiro atoms. The second-order valence-corrected chi connectivity index (χ2v) is 8.97. The standard InChI is InChI=1S/C29H45F5O13/c30-24-25(31)27(33)29(28(34)26(24)32)47-23(36)1-3-37-5-7-39-9-11-41-13-15-43-17-19-45-21-22-46-20-18-44-16-14-42-12-10-40-8-6-38-4-2-35/h35H,1-22H2. The first kappa shape index (κ1) is 42.9. The van der Waals surface area contributed by atoms with Gasteiger partial charge in [-0.3, -0.25) is 4.79 Å². The number of rotatable bonds is 33. The van der Waals surface area contributed by atoms with Gasteiger partial charge in [-0.15, -0.1) is 0 Å². The number of carbonyl (C=O) groups excluding carboxylic acids is 1. The van der Waals surface area contributed by atoms with Gasteiger partial charge in [-0.2, -0.15) is 8.78 Å². The van der Waals surface area contributed by atoms with E-state index in [9.17, 15) is 26.7 Å². The quantitative estimate of drug-likeness (QED) is 0.0286. The van der Waals surface area contributed by atoms with E-state index in [2.05, 4.69) is 4.74 Å². The van der Waals surface area contributed by atoms with Crippen LogP contribution in [0.3, 0.4) is 0 Å². The Morgan fingerprint density at radius 2 is 0.617 bits per heavy atom. The number of halogens is 5. The van der Waals surface area contributed by atoms with Gasteiger partial charge in [-0.25, -0.2) is 13.2 Å². The molecule has 0 amide bonds. The zero-order valence-corrected chi connectivity index (χ0v) is 26.3. The van der Waals surface area contributed by atoms with Gasteiger partial charge in [0, 0.05) is 0 Å². The Balaban J connectivity index is 1.76. The van der Waals surface area contributed by atoms with Crippen molar-refractivity contribution < 1.29 is 84.0 Å². The topological polar surface area (TPSA) is 139 Å². The van der Waals surface area contributed by atoms with Gasteiger partial charge < -0.3 is 57.2 Å². The summed E-state index contributed by atoms with van der Waals surface area (Å²) < 4.78 is 124. The van der Waals surface area contributed by atoms with Crippen molar-refractivity contribution in [1.29, 1.82) is 0 Å². The lowest BCUT2D eigenvalue weighted by molar-refractivity contribution is -0.136. The first-order valence-corrected chi connectivity index (χ1v) is 15.0. The maximum atomic E-state index is 13.5. The lowest BCUT2D eigenvalue weighted by Crippen LogP contribution is -2.16. The summed E-state index contributed by atoms with van der Waals surface area (Å²) in [4.78, 5) is 11.6. The van der Waals surface area contributed by atoms with E-state index in [1.807, 2.05) is 0 Å². The van der Waals surface area contributed by atoms with Gasteiger partial charge in [0.05, 0.1) is 145 Å². The maximum Gasteiger partial charge on any atom is 0.313 e. The number of benzene rings is 1. The maximum absolute atomic E-state index is 13.5. The van der Waals surface area contributed by atoms with Crippen molar-refractivity contribution in [3.8, 4) is 5.75 Å². The fourth-order valence-corrected chi connectivity index (χ4v) is 3.14. The zero-order valence-electron chi connectivity index (χ0n) is 26.3. The molecule has 0 atom stereocenters. The van der Waals surface area contributed by atoms with Crippen LogP contribution in [0.1, 0.15) is 6.42 Å². The SMILES string of the molecule is O=C(CCOCCOCCOCCOCCOCCOCCOCCOCCOCCOCCO)Oc1c(F)c(F)c(F)c(F)c1F. The molecule has 0 fully saturated rings. The average Bonchev–Trinajstić information content (AvgIpc) is 3.07. The van der Waals surface area contributed by atoms with Crippen LogP contribution in [0, 0.1) is 29.1 Å². The minimum atomic E-state index is -2.35. The molecule has 0 aliphatic heterocycles. The van der Waals surface area contributed by atoms with E-state index in [-0.39, 0.29) is 33.0 Å². The Kier molecular flexibility index (Phi) is 27.4. The van der Waals surface area contributed by atoms with E-state index in [4.69, 9.17) is 52.5 Å². The van der Waals surface area contributed by atoms with Gasteiger partial charge in [-0.05, 0) is 0 Å². The van der Waals surface area contributed by atoms with Gasteiger partial charge in [0.25, 0.3) is 0 Å². The van der Waals surface area contributed by atoms with E-state index in [1.165, 1.54) is 0 Å². The summed E-state index contributed by atoms with van der Waals surface area (Å²) in [5.41, 5.74) is 0. The van der Waals surface area contributed by atoms with Gasteiger partial charge in [0.1, 0.15) is 0 Å². The molecule has 274 valence electrons. The molecule has 0 bridgehead atoms. The second-order valence-electron chi connectivity index (χ2n) is 8.97. The van der Waals surface area contributed by atoms with Crippen molar-refractivity contribution in [2.24, 2.45) is 0 Å². The molecule has 0 unspecified atom stereocenters. The highest BCUT2D eigenvalue weighted by Gasteiger charge is 2.28. The Hall–Kier alpha value is -2.10. The Morgan fingerprint density at radius 1 is 0.383 bits per heavy atom. The Labute approximate surface area is 270 Å². The highest BCUT2D eigenvalue weighted by Crippen LogP contribution is 2.29. The molecule has 1 aromatic carbocycles. The van der Waals surface area contributed by atoms with Crippen LogP contribution in [-0.4, -0.2) is 150 Å². The minimum absolute atomic E-state index is 0.000442. The van der Waals surface area contributed by atoms with Crippen LogP contribution in [0.25, 0.3) is 0 Å². The molecule has 18 heteroatoms. The number of ether oxygens (including phenoxy) is 11. The summed E-state index contributed by atoms with van der Waals surface area (Å²) >= 11 is 0. The zero-order chi connectivity index (χ0) is 34.4. The van der Waals surface area contributed by atoms with Crippen molar-refractivity contribution in [2.45, 2.75) is 6.42 Å². The van der Waals surface area contributed by atoms with Crippen LogP contribution in [0.4, 0.5) is 22.0 Å². The number of hydrogen-bond donors (Lipinski definition) is 1. The van der Waals surface area contributed by atoms with Crippen molar-refractivity contribution in [3.63, 3.8) is 0 Å². The molecule has 0 heterocycles. The number of aliphatic hydroxyl groups excluding tert-OH is 1. The number of carbonyl (C=O) groups is 1. The number of hydrogen-bond acceptors (Lipinski definition) is 13. The van der Waals surface area contributed by atoms with Crippen LogP contribution < -0.4 is 4.74 Å². The highest BCUT2D eigenvalue weighted by atomic mass is 19.2. The molecule has 1 aromatic rings. The van der Waals surface area contributed by atoms with E-state index in [0.717, 1.165) is 0 Å². The van der Waals surface area contributed by atoms with E-state index in [0.29, 0.717) is 106 Å². The fourth-order valence-electron chi connectivity index (χ4n) is 3.14. The lowest BCUT2D eigenvalue weighted by atomic mass is 10.2. The molecule has 0 aliphatic carbocycles. The summed E-state index contributed by atoms with van der Waals surface area (Å²) in [6, 6.07) is 0. The molecule has 0 aromatic heterocycles. The van der Waals surface area contributed by atoms with E-state index < -0.39 is 47.2 Å². The normalized spacial score (nSPS) is 11.4. The van der Waals surface area contributed by atoms with Gasteiger partial charge in [-0.1, -0.05) is 0 Å². The van der Waals surface area contributed by atoms with Gasteiger partial charge >= 0.3 is 5.97 Å². The second kappa shape index (κ2) is 30.0.